The molecule has 2 unspecified atom stereocenters. The van der Waals surface area contributed by atoms with E-state index in [1.165, 1.54) is 0 Å². The fraction of sp³-hybridized carbons (Fsp3) is 0.200. The number of nitrogens with two attached hydrogens (primary N) is 2. The SMILES string of the molecule is NC(=O)c1ccc(C2NC(C(N)=O)Cn3cccc32)cc1. The Hall–Kier alpha value is -2.60. The van der Waals surface area contributed by atoms with Crippen LogP contribution in [0.5, 0.6) is 0 Å². The summed E-state index contributed by atoms with van der Waals surface area (Å²) in [6, 6.07) is 10.4. The second kappa shape index (κ2) is 5.06. The summed E-state index contributed by atoms with van der Waals surface area (Å²) < 4.78 is 2.01. The van der Waals surface area contributed by atoms with Crippen molar-refractivity contribution in [3.8, 4) is 0 Å². The Labute approximate surface area is 121 Å². The van der Waals surface area contributed by atoms with Gasteiger partial charge in [0.15, 0.2) is 0 Å². The minimum absolute atomic E-state index is 0.145. The maximum absolute atomic E-state index is 11.5. The first-order valence-corrected chi connectivity index (χ1v) is 6.66. The van der Waals surface area contributed by atoms with Crippen molar-refractivity contribution in [1.82, 2.24) is 9.88 Å². The number of carbonyl (C=O) groups excluding carboxylic acids is 2. The zero-order valence-electron chi connectivity index (χ0n) is 11.3. The van der Waals surface area contributed by atoms with Crippen LogP contribution in [0.3, 0.4) is 0 Å². The van der Waals surface area contributed by atoms with Crippen molar-refractivity contribution >= 4 is 11.8 Å². The van der Waals surface area contributed by atoms with Crippen molar-refractivity contribution < 1.29 is 9.59 Å². The third-order valence-electron chi connectivity index (χ3n) is 3.78. The summed E-state index contributed by atoms with van der Waals surface area (Å²) in [5.41, 5.74) is 13.1. The molecule has 0 saturated heterocycles. The number of nitrogens with zero attached hydrogens (tertiary/aromatic N) is 1. The van der Waals surface area contributed by atoms with Crippen molar-refractivity contribution in [3.05, 3.63) is 59.4 Å². The van der Waals surface area contributed by atoms with Crippen molar-refractivity contribution in [2.45, 2.75) is 18.6 Å². The molecule has 2 amide bonds. The summed E-state index contributed by atoms with van der Waals surface area (Å²) in [5, 5.41) is 3.25. The van der Waals surface area contributed by atoms with Gasteiger partial charge in [0.1, 0.15) is 6.04 Å². The number of fused-ring (bicyclic) bond motifs is 1. The molecule has 0 radical (unpaired) electrons. The molecule has 2 atom stereocenters. The standard InChI is InChI=1S/C15H16N4O2/c16-14(20)10-5-3-9(4-6-10)13-12-2-1-7-19(12)8-11(18-13)15(17)21/h1-7,11,13,18H,8H2,(H2,16,20)(H2,17,21). The van der Waals surface area contributed by atoms with Gasteiger partial charge >= 0.3 is 0 Å². The largest absolute Gasteiger partial charge is 0.368 e. The molecule has 1 aliphatic heterocycles. The lowest BCUT2D eigenvalue weighted by molar-refractivity contribution is -0.120. The Balaban J connectivity index is 1.97. The summed E-state index contributed by atoms with van der Waals surface area (Å²) in [6.07, 6.45) is 1.93. The molecule has 0 spiro atoms. The lowest BCUT2D eigenvalue weighted by Gasteiger charge is -2.31. The summed E-state index contributed by atoms with van der Waals surface area (Å²) in [7, 11) is 0. The first-order chi connectivity index (χ1) is 10.1. The van der Waals surface area contributed by atoms with Gasteiger partial charge in [-0.3, -0.25) is 14.9 Å². The highest BCUT2D eigenvalue weighted by Crippen LogP contribution is 2.27. The smallest absolute Gasteiger partial charge is 0.248 e. The number of benzene rings is 1. The van der Waals surface area contributed by atoms with Crippen molar-refractivity contribution in [1.29, 1.82) is 0 Å². The Morgan fingerprint density at radius 2 is 1.86 bits per heavy atom. The molecule has 2 heterocycles. The molecule has 3 rings (SSSR count). The van der Waals surface area contributed by atoms with E-state index in [1.54, 1.807) is 12.1 Å². The van der Waals surface area contributed by atoms with E-state index in [1.807, 2.05) is 35.0 Å². The van der Waals surface area contributed by atoms with Crippen LogP contribution in [-0.4, -0.2) is 22.4 Å². The monoisotopic (exact) mass is 284 g/mol. The highest BCUT2D eigenvalue weighted by molar-refractivity contribution is 5.92. The molecule has 0 aliphatic carbocycles. The predicted octanol–water partition coefficient (Wildman–Crippen LogP) is 0.134. The quantitative estimate of drug-likeness (QED) is 0.746. The first kappa shape index (κ1) is 13.4. The number of rotatable bonds is 3. The van der Waals surface area contributed by atoms with Crippen LogP contribution in [0.2, 0.25) is 0 Å². The van der Waals surface area contributed by atoms with E-state index in [4.69, 9.17) is 11.5 Å². The molecule has 108 valence electrons. The fourth-order valence-electron chi connectivity index (χ4n) is 2.67. The molecular weight excluding hydrogens is 268 g/mol. The lowest BCUT2D eigenvalue weighted by atomic mass is 9.98. The highest BCUT2D eigenvalue weighted by Gasteiger charge is 2.29. The van der Waals surface area contributed by atoms with Gasteiger partial charge in [0.2, 0.25) is 11.8 Å². The number of hydrogen-bond donors (Lipinski definition) is 3. The Morgan fingerprint density at radius 1 is 1.14 bits per heavy atom. The molecule has 2 aromatic rings. The summed E-state index contributed by atoms with van der Waals surface area (Å²) in [6.45, 7) is 0.521. The van der Waals surface area contributed by atoms with Crippen LogP contribution < -0.4 is 16.8 Å². The van der Waals surface area contributed by atoms with E-state index in [0.717, 1.165) is 11.3 Å². The number of aromatic nitrogens is 1. The molecule has 1 aromatic heterocycles. The maximum atomic E-state index is 11.5. The summed E-state index contributed by atoms with van der Waals surface area (Å²) in [5.74, 6) is -0.843. The van der Waals surface area contributed by atoms with Gasteiger partial charge in [0.25, 0.3) is 0 Å². The third-order valence-corrected chi connectivity index (χ3v) is 3.78. The van der Waals surface area contributed by atoms with Gasteiger partial charge in [0.05, 0.1) is 6.04 Å². The number of carbonyl (C=O) groups is 2. The molecule has 6 heteroatoms. The van der Waals surface area contributed by atoms with E-state index in [9.17, 15) is 9.59 Å². The third kappa shape index (κ3) is 2.41. The molecule has 0 bridgehead atoms. The fourth-order valence-corrected chi connectivity index (χ4v) is 2.67. The second-order valence-electron chi connectivity index (χ2n) is 5.13. The molecule has 0 fully saturated rings. The van der Waals surface area contributed by atoms with Crippen molar-refractivity contribution in [2.75, 3.05) is 0 Å². The zero-order chi connectivity index (χ0) is 15.0. The number of hydrogen-bond acceptors (Lipinski definition) is 3. The molecule has 21 heavy (non-hydrogen) atoms. The number of amides is 2. The van der Waals surface area contributed by atoms with Crippen LogP contribution in [-0.2, 0) is 11.3 Å². The molecule has 1 aromatic carbocycles. The van der Waals surface area contributed by atoms with Crippen LogP contribution >= 0.6 is 0 Å². The van der Waals surface area contributed by atoms with Crippen LogP contribution in [0.15, 0.2) is 42.6 Å². The second-order valence-corrected chi connectivity index (χ2v) is 5.13. The van der Waals surface area contributed by atoms with Crippen LogP contribution in [0.4, 0.5) is 0 Å². The van der Waals surface area contributed by atoms with Gasteiger partial charge in [-0.15, -0.1) is 0 Å². The van der Waals surface area contributed by atoms with Gasteiger partial charge in [-0.2, -0.15) is 0 Å². The van der Waals surface area contributed by atoms with E-state index in [0.29, 0.717) is 12.1 Å². The van der Waals surface area contributed by atoms with Crippen LogP contribution in [0.25, 0.3) is 0 Å². The normalized spacial score (nSPS) is 20.8. The molecule has 1 aliphatic rings. The van der Waals surface area contributed by atoms with Crippen molar-refractivity contribution in [2.24, 2.45) is 11.5 Å². The zero-order valence-corrected chi connectivity index (χ0v) is 11.3. The topological polar surface area (TPSA) is 103 Å². The van der Waals surface area contributed by atoms with Gasteiger partial charge in [0, 0.05) is 24.0 Å². The summed E-state index contributed by atoms with van der Waals surface area (Å²) in [4.78, 5) is 22.6. The number of primary amides is 2. The maximum Gasteiger partial charge on any atom is 0.248 e. The van der Waals surface area contributed by atoms with Gasteiger partial charge in [-0.1, -0.05) is 12.1 Å². The average molecular weight is 284 g/mol. The molecule has 6 nitrogen and oxygen atoms in total. The lowest BCUT2D eigenvalue weighted by Crippen LogP contribution is -2.49. The Kier molecular flexibility index (Phi) is 3.23. The Morgan fingerprint density at radius 3 is 2.48 bits per heavy atom. The minimum Gasteiger partial charge on any atom is -0.368 e. The predicted molar refractivity (Wildman–Crippen MR) is 77.4 cm³/mol. The van der Waals surface area contributed by atoms with Crippen molar-refractivity contribution in [3.63, 3.8) is 0 Å². The van der Waals surface area contributed by atoms with E-state index in [-0.39, 0.29) is 11.9 Å². The minimum atomic E-state index is -0.462. The van der Waals surface area contributed by atoms with E-state index >= 15 is 0 Å². The first-order valence-electron chi connectivity index (χ1n) is 6.66. The van der Waals surface area contributed by atoms with Gasteiger partial charge in [-0.25, -0.2) is 0 Å². The molecular formula is C15H16N4O2. The molecule has 0 saturated carbocycles. The highest BCUT2D eigenvalue weighted by atomic mass is 16.1. The number of nitrogens with one attached hydrogen (secondary N) is 1. The van der Waals surface area contributed by atoms with E-state index in [2.05, 4.69) is 5.32 Å². The van der Waals surface area contributed by atoms with E-state index < -0.39 is 11.9 Å². The summed E-state index contributed by atoms with van der Waals surface area (Å²) >= 11 is 0. The van der Waals surface area contributed by atoms with Crippen LogP contribution in [0.1, 0.15) is 27.7 Å². The average Bonchev–Trinajstić information content (AvgIpc) is 2.94. The van der Waals surface area contributed by atoms with Gasteiger partial charge in [-0.05, 0) is 29.8 Å². The Bertz CT molecular complexity index is 690. The molecule has 5 N–H and O–H groups in total. The van der Waals surface area contributed by atoms with Gasteiger partial charge < -0.3 is 16.0 Å². The van der Waals surface area contributed by atoms with Crippen LogP contribution in [0, 0.1) is 0 Å².